The van der Waals surface area contributed by atoms with Crippen LogP contribution in [0.5, 0.6) is 0 Å². The van der Waals surface area contributed by atoms with Crippen molar-refractivity contribution in [1.29, 1.82) is 0 Å². The molecule has 0 aromatic carbocycles. The Morgan fingerprint density at radius 1 is 1.69 bits per heavy atom. The van der Waals surface area contributed by atoms with Crippen LogP contribution in [0, 0.1) is 5.92 Å². The molecule has 1 aliphatic rings. The molecule has 0 spiro atoms. The molecule has 0 aliphatic carbocycles. The Labute approximate surface area is 77.3 Å². The van der Waals surface area contributed by atoms with E-state index >= 15 is 0 Å². The molecule has 1 saturated heterocycles. The Balaban J connectivity index is 2.19. The predicted molar refractivity (Wildman–Crippen MR) is 48.2 cm³/mol. The van der Waals surface area contributed by atoms with Crippen LogP contribution < -0.4 is 16.0 Å². The van der Waals surface area contributed by atoms with E-state index in [9.17, 15) is 9.59 Å². The van der Waals surface area contributed by atoms with Gasteiger partial charge in [-0.2, -0.15) is 0 Å². The number of rotatable bonds is 3. The maximum Gasteiger partial charge on any atom is 0.315 e. The normalized spacial score (nSPS) is 21.2. The second kappa shape index (κ2) is 4.11. The lowest BCUT2D eigenvalue weighted by molar-refractivity contribution is -0.124. The number of hydrogen-bond donors (Lipinski definition) is 3. The molecule has 0 saturated carbocycles. The summed E-state index contributed by atoms with van der Waals surface area (Å²) < 4.78 is 0. The number of hydrogen-bond acceptors (Lipinski definition) is 2. The van der Waals surface area contributed by atoms with Gasteiger partial charge >= 0.3 is 6.03 Å². The lowest BCUT2D eigenvalue weighted by atomic mass is 10.2. The SMILES string of the molecule is CC(C)C(=O)NCC1CNC(=O)N1. The standard InChI is InChI=1S/C8H15N3O2/c1-5(2)7(12)9-3-6-4-10-8(13)11-6/h5-6H,3-4H2,1-2H3,(H,9,12)(H2,10,11,13). The van der Waals surface area contributed by atoms with Gasteiger partial charge in [0.2, 0.25) is 5.91 Å². The van der Waals surface area contributed by atoms with Crippen molar-refractivity contribution in [2.75, 3.05) is 13.1 Å². The minimum atomic E-state index is -0.163. The summed E-state index contributed by atoms with van der Waals surface area (Å²) in [4.78, 5) is 21.8. The van der Waals surface area contributed by atoms with E-state index in [2.05, 4.69) is 16.0 Å². The molecule has 3 amide bonds. The van der Waals surface area contributed by atoms with Crippen LogP contribution in [0.25, 0.3) is 0 Å². The van der Waals surface area contributed by atoms with E-state index in [1.54, 1.807) is 0 Å². The lowest BCUT2D eigenvalue weighted by Gasteiger charge is -2.11. The molecule has 1 unspecified atom stereocenters. The number of carbonyl (C=O) groups is 2. The van der Waals surface area contributed by atoms with Gasteiger partial charge in [-0.25, -0.2) is 4.79 Å². The third-order valence-corrected chi connectivity index (χ3v) is 1.89. The summed E-state index contributed by atoms with van der Waals surface area (Å²) in [7, 11) is 0. The van der Waals surface area contributed by atoms with E-state index in [-0.39, 0.29) is 23.9 Å². The Morgan fingerprint density at radius 3 is 2.85 bits per heavy atom. The Hall–Kier alpha value is -1.26. The van der Waals surface area contributed by atoms with Gasteiger partial charge in [-0.15, -0.1) is 0 Å². The van der Waals surface area contributed by atoms with Gasteiger partial charge in [0, 0.05) is 19.0 Å². The monoisotopic (exact) mass is 185 g/mol. The largest absolute Gasteiger partial charge is 0.354 e. The van der Waals surface area contributed by atoms with Gasteiger partial charge in [-0.3, -0.25) is 4.79 Å². The fraction of sp³-hybridized carbons (Fsp3) is 0.750. The third-order valence-electron chi connectivity index (χ3n) is 1.89. The van der Waals surface area contributed by atoms with Crippen LogP contribution in [0.2, 0.25) is 0 Å². The van der Waals surface area contributed by atoms with Crippen LogP contribution in [0.3, 0.4) is 0 Å². The van der Waals surface area contributed by atoms with Crippen LogP contribution in [0.1, 0.15) is 13.8 Å². The summed E-state index contributed by atoms with van der Waals surface area (Å²) in [5.41, 5.74) is 0. The lowest BCUT2D eigenvalue weighted by Crippen LogP contribution is -2.40. The number of amides is 3. The second-order valence-corrected chi connectivity index (χ2v) is 3.45. The molecular weight excluding hydrogens is 170 g/mol. The van der Waals surface area contributed by atoms with Crippen LogP contribution in [-0.2, 0) is 4.79 Å². The van der Waals surface area contributed by atoms with E-state index < -0.39 is 0 Å². The molecule has 5 nitrogen and oxygen atoms in total. The van der Waals surface area contributed by atoms with Gasteiger partial charge in [0.15, 0.2) is 0 Å². The van der Waals surface area contributed by atoms with Crippen molar-refractivity contribution in [3.8, 4) is 0 Å². The zero-order valence-electron chi connectivity index (χ0n) is 7.89. The number of carbonyl (C=O) groups excluding carboxylic acids is 2. The zero-order valence-corrected chi connectivity index (χ0v) is 7.89. The van der Waals surface area contributed by atoms with Crippen molar-refractivity contribution in [1.82, 2.24) is 16.0 Å². The van der Waals surface area contributed by atoms with E-state index in [4.69, 9.17) is 0 Å². The van der Waals surface area contributed by atoms with Gasteiger partial charge in [0.25, 0.3) is 0 Å². The summed E-state index contributed by atoms with van der Waals surface area (Å²) in [6, 6.07) is -0.140. The average Bonchev–Trinajstić information content (AvgIpc) is 2.47. The Kier molecular flexibility index (Phi) is 3.11. The smallest absolute Gasteiger partial charge is 0.315 e. The molecule has 13 heavy (non-hydrogen) atoms. The van der Waals surface area contributed by atoms with Crippen LogP contribution in [-0.4, -0.2) is 31.1 Å². The van der Waals surface area contributed by atoms with Crippen molar-refractivity contribution < 1.29 is 9.59 Å². The molecule has 1 atom stereocenters. The molecule has 1 rings (SSSR count). The molecule has 0 aromatic rings. The summed E-state index contributed by atoms with van der Waals surface area (Å²) in [6.45, 7) is 4.74. The Morgan fingerprint density at radius 2 is 2.38 bits per heavy atom. The molecule has 0 radical (unpaired) electrons. The maximum absolute atomic E-state index is 11.1. The number of urea groups is 1. The van der Waals surface area contributed by atoms with Gasteiger partial charge < -0.3 is 16.0 Å². The van der Waals surface area contributed by atoms with Gasteiger partial charge in [0.1, 0.15) is 0 Å². The van der Waals surface area contributed by atoms with Crippen molar-refractivity contribution >= 4 is 11.9 Å². The minimum absolute atomic E-state index is 0.00920. The predicted octanol–water partition coefficient (Wildman–Crippen LogP) is -0.560. The fourth-order valence-corrected chi connectivity index (χ4v) is 1.05. The topological polar surface area (TPSA) is 70.2 Å². The molecule has 0 aromatic heterocycles. The highest BCUT2D eigenvalue weighted by Crippen LogP contribution is 1.92. The van der Waals surface area contributed by atoms with Crippen molar-refractivity contribution in [2.45, 2.75) is 19.9 Å². The first-order valence-corrected chi connectivity index (χ1v) is 4.41. The van der Waals surface area contributed by atoms with Gasteiger partial charge in [-0.1, -0.05) is 13.8 Å². The van der Waals surface area contributed by atoms with Gasteiger partial charge in [-0.05, 0) is 0 Å². The molecule has 5 heteroatoms. The maximum atomic E-state index is 11.1. The molecule has 3 N–H and O–H groups in total. The van der Waals surface area contributed by atoms with Crippen molar-refractivity contribution in [3.05, 3.63) is 0 Å². The Bertz CT molecular complexity index is 215. The van der Waals surface area contributed by atoms with Gasteiger partial charge in [0.05, 0.1) is 6.04 Å². The van der Waals surface area contributed by atoms with E-state index in [1.165, 1.54) is 0 Å². The van der Waals surface area contributed by atoms with Crippen LogP contribution in [0.15, 0.2) is 0 Å². The minimum Gasteiger partial charge on any atom is -0.354 e. The summed E-state index contributed by atoms with van der Waals surface area (Å²) in [5.74, 6) is 0.00575. The first kappa shape index (κ1) is 9.83. The van der Waals surface area contributed by atoms with Crippen molar-refractivity contribution in [2.24, 2.45) is 5.92 Å². The first-order valence-electron chi connectivity index (χ1n) is 4.41. The van der Waals surface area contributed by atoms with Crippen LogP contribution in [0.4, 0.5) is 4.79 Å². The fourth-order valence-electron chi connectivity index (χ4n) is 1.05. The highest BCUT2D eigenvalue weighted by Gasteiger charge is 2.20. The second-order valence-electron chi connectivity index (χ2n) is 3.45. The third kappa shape index (κ3) is 2.93. The highest BCUT2D eigenvalue weighted by atomic mass is 16.2. The van der Waals surface area contributed by atoms with E-state index in [0.29, 0.717) is 13.1 Å². The highest BCUT2D eigenvalue weighted by molar-refractivity contribution is 5.79. The first-order chi connectivity index (χ1) is 6.09. The van der Waals surface area contributed by atoms with Crippen LogP contribution >= 0.6 is 0 Å². The number of nitrogens with one attached hydrogen (secondary N) is 3. The molecule has 1 aliphatic heterocycles. The molecule has 1 fully saturated rings. The molecule has 0 bridgehead atoms. The van der Waals surface area contributed by atoms with E-state index in [0.717, 1.165) is 0 Å². The quantitative estimate of drug-likeness (QED) is 0.551. The zero-order chi connectivity index (χ0) is 9.84. The molecule has 74 valence electrons. The van der Waals surface area contributed by atoms with Crippen molar-refractivity contribution in [3.63, 3.8) is 0 Å². The summed E-state index contributed by atoms with van der Waals surface area (Å²) in [5, 5.41) is 8.06. The van der Waals surface area contributed by atoms with E-state index in [1.807, 2.05) is 13.8 Å². The molecular formula is C8H15N3O2. The average molecular weight is 185 g/mol. The summed E-state index contributed by atoms with van der Waals surface area (Å²) in [6.07, 6.45) is 0. The molecule has 1 heterocycles. The summed E-state index contributed by atoms with van der Waals surface area (Å²) >= 11 is 0.